The number of nitrogens with zero attached hydrogens (tertiary/aromatic N) is 1. The van der Waals surface area contributed by atoms with E-state index in [9.17, 15) is 9.59 Å². The number of aryl methyl sites for hydroxylation is 1. The average molecular weight is 337 g/mol. The zero-order valence-corrected chi connectivity index (χ0v) is 13.6. The van der Waals surface area contributed by atoms with Crippen LogP contribution in [0.2, 0.25) is 5.02 Å². The maximum atomic E-state index is 11.8. The molecule has 0 bridgehead atoms. The Bertz CT molecular complexity index is 712. The quantitative estimate of drug-likeness (QED) is 0.821. The molecule has 7 heteroatoms. The molecule has 122 valence electrons. The number of esters is 1. The third-order valence-electron chi connectivity index (χ3n) is 3.14. The number of amides is 1. The summed E-state index contributed by atoms with van der Waals surface area (Å²) in [7, 11) is 3.25. The first-order valence-electron chi connectivity index (χ1n) is 6.88. The summed E-state index contributed by atoms with van der Waals surface area (Å²) in [5.74, 6) is -0.277. The lowest BCUT2D eigenvalue weighted by atomic mass is 10.2. The van der Waals surface area contributed by atoms with Crippen molar-refractivity contribution in [2.45, 2.75) is 6.54 Å². The van der Waals surface area contributed by atoms with Crippen molar-refractivity contribution in [2.24, 2.45) is 7.05 Å². The first-order chi connectivity index (χ1) is 11.0. The second-order valence-electron chi connectivity index (χ2n) is 4.86. The van der Waals surface area contributed by atoms with E-state index in [1.165, 1.54) is 6.07 Å². The van der Waals surface area contributed by atoms with Crippen molar-refractivity contribution in [3.63, 3.8) is 0 Å². The molecule has 0 aliphatic carbocycles. The number of ether oxygens (including phenoxy) is 2. The van der Waals surface area contributed by atoms with Crippen LogP contribution in [-0.4, -0.2) is 30.2 Å². The van der Waals surface area contributed by atoms with Crippen molar-refractivity contribution < 1.29 is 19.1 Å². The summed E-state index contributed by atoms with van der Waals surface area (Å²) >= 11 is 5.80. The van der Waals surface area contributed by atoms with Crippen molar-refractivity contribution in [1.82, 2.24) is 9.88 Å². The zero-order chi connectivity index (χ0) is 16.8. The minimum atomic E-state index is -0.601. The summed E-state index contributed by atoms with van der Waals surface area (Å²) in [5, 5.41) is 3.10. The second-order valence-corrected chi connectivity index (χ2v) is 5.30. The van der Waals surface area contributed by atoms with Crippen LogP contribution in [0.25, 0.3) is 0 Å². The number of hydrogen-bond donors (Lipinski definition) is 1. The molecule has 1 aromatic heterocycles. The fraction of sp³-hybridized carbons (Fsp3) is 0.250. The van der Waals surface area contributed by atoms with Gasteiger partial charge in [0.15, 0.2) is 6.61 Å². The van der Waals surface area contributed by atoms with E-state index >= 15 is 0 Å². The molecule has 0 unspecified atom stereocenters. The molecule has 23 heavy (non-hydrogen) atoms. The van der Waals surface area contributed by atoms with E-state index < -0.39 is 5.97 Å². The highest BCUT2D eigenvalue weighted by atomic mass is 35.5. The van der Waals surface area contributed by atoms with Crippen LogP contribution in [0.15, 0.2) is 36.5 Å². The van der Waals surface area contributed by atoms with E-state index in [4.69, 9.17) is 21.1 Å². The van der Waals surface area contributed by atoms with Gasteiger partial charge in [0.05, 0.1) is 12.1 Å². The Morgan fingerprint density at radius 3 is 2.74 bits per heavy atom. The first-order valence-corrected chi connectivity index (χ1v) is 7.26. The number of halogens is 1. The Morgan fingerprint density at radius 1 is 1.30 bits per heavy atom. The number of hydrogen-bond acceptors (Lipinski definition) is 4. The molecule has 0 aliphatic rings. The number of carbonyl (C=O) groups is 2. The van der Waals surface area contributed by atoms with Gasteiger partial charge in [0.1, 0.15) is 11.4 Å². The monoisotopic (exact) mass is 336 g/mol. The van der Waals surface area contributed by atoms with Crippen LogP contribution >= 0.6 is 11.6 Å². The molecule has 2 aromatic rings. The maximum Gasteiger partial charge on any atom is 0.355 e. The molecule has 0 saturated heterocycles. The van der Waals surface area contributed by atoms with E-state index in [2.05, 4.69) is 5.32 Å². The van der Waals surface area contributed by atoms with Crippen LogP contribution in [0.3, 0.4) is 0 Å². The molecule has 1 heterocycles. The standard InChI is InChI=1S/C16H17ClN2O4/c1-19-9-12(17)7-14(19)16(21)23-10-15(20)18-8-11-4-3-5-13(6-11)22-2/h3-7,9H,8,10H2,1-2H3,(H,18,20). The molecule has 0 spiro atoms. The van der Waals surface area contributed by atoms with Crippen LogP contribution in [0.1, 0.15) is 16.1 Å². The van der Waals surface area contributed by atoms with Crippen molar-refractivity contribution in [3.8, 4) is 5.75 Å². The van der Waals surface area contributed by atoms with Gasteiger partial charge < -0.3 is 19.4 Å². The smallest absolute Gasteiger partial charge is 0.355 e. The van der Waals surface area contributed by atoms with Gasteiger partial charge in [-0.3, -0.25) is 4.79 Å². The molecule has 1 N–H and O–H groups in total. The van der Waals surface area contributed by atoms with E-state index in [1.54, 1.807) is 24.9 Å². The summed E-state index contributed by atoms with van der Waals surface area (Å²) in [4.78, 5) is 23.6. The van der Waals surface area contributed by atoms with Gasteiger partial charge in [-0.25, -0.2) is 4.79 Å². The molecule has 0 aliphatic heterocycles. The molecule has 0 atom stereocenters. The van der Waals surface area contributed by atoms with Gasteiger partial charge in [-0.2, -0.15) is 0 Å². The highest BCUT2D eigenvalue weighted by molar-refractivity contribution is 6.30. The number of carbonyl (C=O) groups excluding carboxylic acids is 2. The second kappa shape index (κ2) is 7.69. The maximum absolute atomic E-state index is 11.8. The fourth-order valence-electron chi connectivity index (χ4n) is 1.97. The molecule has 1 amide bonds. The molecule has 0 fully saturated rings. The Hall–Kier alpha value is -2.47. The van der Waals surface area contributed by atoms with E-state index in [0.29, 0.717) is 17.3 Å². The summed E-state index contributed by atoms with van der Waals surface area (Å²) in [6.45, 7) is -0.0326. The highest BCUT2D eigenvalue weighted by Gasteiger charge is 2.14. The first kappa shape index (κ1) is 16.9. The fourth-order valence-corrected chi connectivity index (χ4v) is 2.22. The zero-order valence-electron chi connectivity index (χ0n) is 12.8. The topological polar surface area (TPSA) is 69.6 Å². The van der Waals surface area contributed by atoms with Gasteiger partial charge in [-0.15, -0.1) is 0 Å². The van der Waals surface area contributed by atoms with Gasteiger partial charge in [0, 0.05) is 19.8 Å². The van der Waals surface area contributed by atoms with Crippen LogP contribution < -0.4 is 10.1 Å². The number of benzene rings is 1. The van der Waals surface area contributed by atoms with Gasteiger partial charge in [-0.05, 0) is 23.8 Å². The average Bonchev–Trinajstić information content (AvgIpc) is 2.89. The Morgan fingerprint density at radius 2 is 2.09 bits per heavy atom. The summed E-state index contributed by atoms with van der Waals surface area (Å²) in [6, 6.07) is 8.81. The van der Waals surface area contributed by atoms with Crippen molar-refractivity contribution >= 4 is 23.5 Å². The van der Waals surface area contributed by atoms with Crippen LogP contribution in [0.4, 0.5) is 0 Å². The lowest BCUT2D eigenvalue weighted by Gasteiger charge is -2.08. The van der Waals surface area contributed by atoms with Gasteiger partial charge >= 0.3 is 5.97 Å². The number of nitrogens with one attached hydrogen (secondary N) is 1. The number of rotatable bonds is 6. The minimum absolute atomic E-state index is 0.288. The van der Waals surface area contributed by atoms with Gasteiger partial charge in [0.25, 0.3) is 5.91 Å². The molecular weight excluding hydrogens is 320 g/mol. The third kappa shape index (κ3) is 4.75. The largest absolute Gasteiger partial charge is 0.497 e. The normalized spacial score (nSPS) is 10.2. The third-order valence-corrected chi connectivity index (χ3v) is 3.35. The molecule has 0 radical (unpaired) electrons. The molecule has 0 saturated carbocycles. The molecule has 6 nitrogen and oxygen atoms in total. The van der Waals surface area contributed by atoms with Crippen LogP contribution in [0, 0.1) is 0 Å². The SMILES string of the molecule is COc1cccc(CNC(=O)COC(=O)c2cc(Cl)cn2C)c1. The lowest BCUT2D eigenvalue weighted by molar-refractivity contribution is -0.124. The number of methoxy groups -OCH3 is 1. The summed E-state index contributed by atoms with van der Waals surface area (Å²) in [6.07, 6.45) is 1.58. The summed E-state index contributed by atoms with van der Waals surface area (Å²) < 4.78 is 11.6. The molecular formula is C16H17ClN2O4. The van der Waals surface area contributed by atoms with Gasteiger partial charge in [0.2, 0.25) is 0 Å². The molecule has 2 rings (SSSR count). The Labute approximate surface area is 139 Å². The van der Waals surface area contributed by atoms with Crippen molar-refractivity contribution in [1.29, 1.82) is 0 Å². The molecule has 1 aromatic carbocycles. The van der Waals surface area contributed by atoms with Gasteiger partial charge in [-0.1, -0.05) is 23.7 Å². The van der Waals surface area contributed by atoms with E-state index in [-0.39, 0.29) is 18.2 Å². The van der Waals surface area contributed by atoms with Crippen molar-refractivity contribution in [2.75, 3.05) is 13.7 Å². The predicted molar refractivity (Wildman–Crippen MR) is 85.5 cm³/mol. The van der Waals surface area contributed by atoms with Crippen LogP contribution in [0.5, 0.6) is 5.75 Å². The van der Waals surface area contributed by atoms with E-state index in [0.717, 1.165) is 5.56 Å². The Balaban J connectivity index is 1.81. The minimum Gasteiger partial charge on any atom is -0.497 e. The van der Waals surface area contributed by atoms with Crippen molar-refractivity contribution in [3.05, 3.63) is 52.8 Å². The summed E-state index contributed by atoms with van der Waals surface area (Å²) in [5.41, 5.74) is 1.17. The Kier molecular flexibility index (Phi) is 5.65. The van der Waals surface area contributed by atoms with E-state index in [1.807, 2.05) is 24.3 Å². The highest BCUT2D eigenvalue weighted by Crippen LogP contribution is 2.14. The predicted octanol–water partition coefficient (Wildman–Crippen LogP) is 2.16. The number of aromatic nitrogens is 1. The van der Waals surface area contributed by atoms with Crippen LogP contribution in [-0.2, 0) is 23.1 Å². The lowest BCUT2D eigenvalue weighted by Crippen LogP contribution is -2.28.